The van der Waals surface area contributed by atoms with Gasteiger partial charge in [-0.1, -0.05) is 19.1 Å². The molecular weight excluding hydrogens is 350 g/mol. The highest BCUT2D eigenvalue weighted by molar-refractivity contribution is 5.94. The lowest BCUT2D eigenvalue weighted by molar-refractivity contribution is -0.140. The number of ether oxygens (including phenoxy) is 2. The number of hydrogen-bond acceptors (Lipinski definition) is 6. The third-order valence-corrected chi connectivity index (χ3v) is 3.76. The minimum absolute atomic E-state index is 0.0987. The van der Waals surface area contributed by atoms with E-state index in [1.807, 2.05) is 19.1 Å². The van der Waals surface area contributed by atoms with Gasteiger partial charge in [-0.15, -0.1) is 0 Å². The van der Waals surface area contributed by atoms with Crippen molar-refractivity contribution in [3.63, 3.8) is 0 Å². The van der Waals surface area contributed by atoms with Gasteiger partial charge in [0, 0.05) is 13.0 Å². The van der Waals surface area contributed by atoms with Crippen LogP contribution in [-0.4, -0.2) is 63.1 Å². The van der Waals surface area contributed by atoms with Gasteiger partial charge < -0.3 is 20.1 Å². The van der Waals surface area contributed by atoms with Gasteiger partial charge in [-0.3, -0.25) is 19.3 Å². The van der Waals surface area contributed by atoms with Crippen LogP contribution >= 0.6 is 0 Å². The van der Waals surface area contributed by atoms with Crippen LogP contribution in [0.3, 0.4) is 0 Å². The van der Waals surface area contributed by atoms with Crippen molar-refractivity contribution in [1.82, 2.24) is 10.2 Å². The lowest BCUT2D eigenvalue weighted by Crippen LogP contribution is -2.41. The molecule has 0 aliphatic rings. The Morgan fingerprint density at radius 3 is 2.44 bits per heavy atom. The average molecular weight is 379 g/mol. The zero-order valence-electron chi connectivity index (χ0n) is 16.2. The number of esters is 1. The van der Waals surface area contributed by atoms with E-state index in [2.05, 4.69) is 15.4 Å². The fourth-order valence-electron chi connectivity index (χ4n) is 2.49. The molecule has 0 bridgehead atoms. The van der Waals surface area contributed by atoms with Gasteiger partial charge in [-0.25, -0.2) is 0 Å². The minimum Gasteiger partial charge on any atom is -0.495 e. The molecule has 0 aliphatic heterocycles. The average Bonchev–Trinajstić information content (AvgIpc) is 2.65. The Morgan fingerprint density at radius 2 is 1.78 bits per heavy atom. The number of nitrogens with one attached hydrogen (secondary N) is 2. The number of para-hydroxylation sites is 2. The summed E-state index contributed by atoms with van der Waals surface area (Å²) >= 11 is 0. The predicted octanol–water partition coefficient (Wildman–Crippen LogP) is 1.42. The van der Waals surface area contributed by atoms with E-state index in [1.54, 1.807) is 24.1 Å². The van der Waals surface area contributed by atoms with Gasteiger partial charge in [0.1, 0.15) is 5.75 Å². The number of methoxy groups -OCH3 is 2. The van der Waals surface area contributed by atoms with E-state index >= 15 is 0 Å². The second kappa shape index (κ2) is 12.7. The van der Waals surface area contributed by atoms with Crippen LogP contribution in [0.25, 0.3) is 0 Å². The first-order valence-corrected chi connectivity index (χ1v) is 8.98. The summed E-state index contributed by atoms with van der Waals surface area (Å²) in [6.45, 7) is 3.21. The second-order valence-electron chi connectivity index (χ2n) is 5.99. The summed E-state index contributed by atoms with van der Waals surface area (Å²) in [7, 11) is 2.87. The molecule has 27 heavy (non-hydrogen) atoms. The molecule has 1 aromatic carbocycles. The summed E-state index contributed by atoms with van der Waals surface area (Å²) in [5, 5.41) is 5.56. The number of benzene rings is 1. The Labute approximate surface area is 160 Å². The number of anilines is 1. The van der Waals surface area contributed by atoms with Crippen LogP contribution in [0, 0.1) is 0 Å². The minimum atomic E-state index is -0.301. The molecule has 8 nitrogen and oxygen atoms in total. The molecule has 1 rings (SSSR count). The Morgan fingerprint density at radius 1 is 1.07 bits per heavy atom. The summed E-state index contributed by atoms with van der Waals surface area (Å²) in [6.07, 6.45) is 1.59. The quantitative estimate of drug-likeness (QED) is 0.421. The Balaban J connectivity index is 2.46. The first kappa shape index (κ1) is 22.4. The summed E-state index contributed by atoms with van der Waals surface area (Å²) < 4.78 is 9.77. The summed E-state index contributed by atoms with van der Waals surface area (Å²) in [4.78, 5) is 37.2. The first-order chi connectivity index (χ1) is 13.0. The SMILES string of the molecule is CCCN(CC(=O)NCCCC(=O)OC)CC(=O)Nc1ccccc1OC. The predicted molar refractivity (Wildman–Crippen MR) is 103 cm³/mol. The van der Waals surface area contributed by atoms with E-state index in [0.717, 1.165) is 6.42 Å². The van der Waals surface area contributed by atoms with Crippen LogP contribution in [0.4, 0.5) is 5.69 Å². The Bertz CT molecular complexity index is 621. The van der Waals surface area contributed by atoms with Gasteiger partial charge in [0.15, 0.2) is 0 Å². The molecule has 0 spiro atoms. The summed E-state index contributed by atoms with van der Waals surface area (Å²) in [5.74, 6) is -0.119. The molecular formula is C19H29N3O5. The van der Waals surface area contributed by atoms with Gasteiger partial charge in [0.25, 0.3) is 0 Å². The van der Waals surface area contributed by atoms with Crippen LogP contribution in [0.15, 0.2) is 24.3 Å². The monoisotopic (exact) mass is 379 g/mol. The van der Waals surface area contributed by atoms with Gasteiger partial charge in [0.2, 0.25) is 11.8 Å². The largest absolute Gasteiger partial charge is 0.495 e. The molecule has 2 N–H and O–H groups in total. The molecule has 0 aromatic heterocycles. The van der Waals surface area contributed by atoms with Crippen molar-refractivity contribution in [3.05, 3.63) is 24.3 Å². The molecule has 0 radical (unpaired) electrons. The Hall–Kier alpha value is -2.61. The van der Waals surface area contributed by atoms with E-state index in [-0.39, 0.29) is 37.3 Å². The lowest BCUT2D eigenvalue weighted by atomic mass is 10.3. The zero-order valence-corrected chi connectivity index (χ0v) is 16.2. The van der Waals surface area contributed by atoms with Gasteiger partial charge >= 0.3 is 5.97 Å². The molecule has 150 valence electrons. The topological polar surface area (TPSA) is 97.0 Å². The van der Waals surface area contributed by atoms with Crippen molar-refractivity contribution in [1.29, 1.82) is 0 Å². The van der Waals surface area contributed by atoms with Gasteiger partial charge in [-0.2, -0.15) is 0 Å². The molecule has 2 amide bonds. The third-order valence-electron chi connectivity index (χ3n) is 3.76. The molecule has 0 aliphatic carbocycles. The molecule has 1 aromatic rings. The van der Waals surface area contributed by atoms with Crippen molar-refractivity contribution in [2.24, 2.45) is 0 Å². The Kier molecular flexibility index (Phi) is 10.5. The van der Waals surface area contributed by atoms with Crippen LogP contribution in [0.5, 0.6) is 5.75 Å². The van der Waals surface area contributed by atoms with Crippen LogP contribution < -0.4 is 15.4 Å². The molecule has 0 saturated carbocycles. The number of carbonyl (C=O) groups is 3. The molecule has 0 saturated heterocycles. The second-order valence-corrected chi connectivity index (χ2v) is 5.99. The number of carbonyl (C=O) groups excluding carboxylic acids is 3. The highest BCUT2D eigenvalue weighted by Crippen LogP contribution is 2.22. The molecule has 0 unspecified atom stereocenters. The number of rotatable bonds is 12. The standard InChI is InChI=1S/C19H29N3O5/c1-4-12-22(13-17(23)20-11-7-10-19(25)27-3)14-18(24)21-15-8-5-6-9-16(15)26-2/h5-6,8-9H,4,7,10-14H2,1-3H3,(H,20,23)(H,21,24). The smallest absolute Gasteiger partial charge is 0.305 e. The fraction of sp³-hybridized carbons (Fsp3) is 0.526. The van der Waals surface area contributed by atoms with E-state index in [1.165, 1.54) is 7.11 Å². The van der Waals surface area contributed by atoms with Crippen molar-refractivity contribution in [2.75, 3.05) is 45.7 Å². The maximum absolute atomic E-state index is 12.3. The van der Waals surface area contributed by atoms with Gasteiger partial charge in [-0.05, 0) is 31.5 Å². The fourth-order valence-corrected chi connectivity index (χ4v) is 2.49. The highest BCUT2D eigenvalue weighted by atomic mass is 16.5. The van der Waals surface area contributed by atoms with Crippen LogP contribution in [0.2, 0.25) is 0 Å². The summed E-state index contributed by atoms with van der Waals surface area (Å²) in [5.41, 5.74) is 0.591. The van der Waals surface area contributed by atoms with Crippen molar-refractivity contribution in [2.45, 2.75) is 26.2 Å². The molecule has 0 fully saturated rings. The zero-order chi connectivity index (χ0) is 20.1. The highest BCUT2D eigenvalue weighted by Gasteiger charge is 2.15. The maximum Gasteiger partial charge on any atom is 0.305 e. The molecule has 0 atom stereocenters. The van der Waals surface area contributed by atoms with Gasteiger partial charge in [0.05, 0.1) is 33.0 Å². The third kappa shape index (κ3) is 9.05. The first-order valence-electron chi connectivity index (χ1n) is 8.98. The number of nitrogens with zero attached hydrogens (tertiary/aromatic N) is 1. The van der Waals surface area contributed by atoms with E-state index in [4.69, 9.17) is 4.74 Å². The van der Waals surface area contributed by atoms with Crippen molar-refractivity contribution < 1.29 is 23.9 Å². The van der Waals surface area contributed by atoms with Crippen LogP contribution in [-0.2, 0) is 19.1 Å². The normalized spacial score (nSPS) is 10.4. The van der Waals surface area contributed by atoms with Crippen molar-refractivity contribution >= 4 is 23.5 Å². The number of hydrogen-bond donors (Lipinski definition) is 2. The molecule has 8 heteroatoms. The van der Waals surface area contributed by atoms with E-state index < -0.39 is 0 Å². The van der Waals surface area contributed by atoms with E-state index in [9.17, 15) is 14.4 Å². The summed E-state index contributed by atoms with van der Waals surface area (Å²) in [6, 6.07) is 7.15. The van der Waals surface area contributed by atoms with Crippen LogP contribution in [0.1, 0.15) is 26.2 Å². The molecule has 0 heterocycles. The lowest BCUT2D eigenvalue weighted by Gasteiger charge is -2.21. The number of amides is 2. The van der Waals surface area contributed by atoms with Crippen molar-refractivity contribution in [3.8, 4) is 5.75 Å². The van der Waals surface area contributed by atoms with E-state index in [0.29, 0.717) is 30.9 Å². The maximum atomic E-state index is 12.3.